The quantitative estimate of drug-likeness (QED) is 0.487. The molecular formula is C10H7F6NO2. The number of methoxy groups -OCH3 is 1. The topological polar surface area (TPSA) is 39.2 Å². The first kappa shape index (κ1) is 15.3. The number of pyridine rings is 1. The van der Waals surface area contributed by atoms with E-state index in [1.54, 1.807) is 0 Å². The summed E-state index contributed by atoms with van der Waals surface area (Å²) in [4.78, 5) is 13.5. The first-order valence-corrected chi connectivity index (χ1v) is 4.78. The predicted octanol–water partition coefficient (Wildman–Crippen LogP) is 2.89. The van der Waals surface area contributed by atoms with Crippen molar-refractivity contribution in [2.45, 2.75) is 19.0 Å². The summed E-state index contributed by atoms with van der Waals surface area (Å²) in [5.74, 6) is -2.86. The SMILES string of the molecule is COC(=O)Cc1c(C(F)F)cc(F)nc1C(F)(F)F. The number of esters is 1. The second kappa shape index (κ2) is 5.45. The number of hydrogen-bond donors (Lipinski definition) is 0. The molecule has 0 aromatic carbocycles. The van der Waals surface area contributed by atoms with E-state index in [-0.39, 0.29) is 6.07 Å². The minimum atomic E-state index is -5.16. The van der Waals surface area contributed by atoms with E-state index in [1.165, 1.54) is 0 Å². The lowest BCUT2D eigenvalue weighted by molar-refractivity contribution is -0.144. The van der Waals surface area contributed by atoms with Crippen LogP contribution in [0.5, 0.6) is 0 Å². The van der Waals surface area contributed by atoms with Crippen molar-refractivity contribution in [1.29, 1.82) is 0 Å². The number of rotatable bonds is 3. The lowest BCUT2D eigenvalue weighted by Gasteiger charge is -2.15. The lowest BCUT2D eigenvalue weighted by Crippen LogP contribution is -2.19. The molecular weight excluding hydrogens is 280 g/mol. The van der Waals surface area contributed by atoms with Crippen LogP contribution in [0.2, 0.25) is 0 Å². The maximum absolute atomic E-state index is 12.9. The molecule has 0 saturated carbocycles. The van der Waals surface area contributed by atoms with Gasteiger partial charge in [-0.1, -0.05) is 0 Å². The Balaban J connectivity index is 3.47. The number of carbonyl (C=O) groups excluding carboxylic acids is 1. The second-order valence-corrected chi connectivity index (χ2v) is 3.41. The van der Waals surface area contributed by atoms with Crippen LogP contribution in [-0.4, -0.2) is 18.1 Å². The Bertz CT molecular complexity index is 486. The molecule has 1 aromatic heterocycles. The minimum Gasteiger partial charge on any atom is -0.469 e. The number of alkyl halides is 5. The zero-order valence-corrected chi connectivity index (χ0v) is 9.39. The van der Waals surface area contributed by atoms with Gasteiger partial charge in [-0.2, -0.15) is 17.6 Å². The summed E-state index contributed by atoms with van der Waals surface area (Å²) < 4.78 is 80.0. The summed E-state index contributed by atoms with van der Waals surface area (Å²) in [6.45, 7) is 0. The molecule has 1 rings (SSSR count). The van der Waals surface area contributed by atoms with Gasteiger partial charge in [-0.05, 0) is 0 Å². The van der Waals surface area contributed by atoms with E-state index in [4.69, 9.17) is 0 Å². The summed E-state index contributed by atoms with van der Waals surface area (Å²) in [6.07, 6.45) is -9.61. The van der Waals surface area contributed by atoms with Crippen LogP contribution in [0, 0.1) is 5.95 Å². The molecule has 0 atom stereocenters. The molecule has 0 fully saturated rings. The van der Waals surface area contributed by atoms with Crippen molar-refractivity contribution in [2.24, 2.45) is 0 Å². The molecule has 3 nitrogen and oxygen atoms in total. The van der Waals surface area contributed by atoms with Crippen LogP contribution in [0.15, 0.2) is 6.07 Å². The normalized spacial score (nSPS) is 11.8. The van der Waals surface area contributed by atoms with Crippen LogP contribution in [0.3, 0.4) is 0 Å². The molecule has 0 aliphatic rings. The van der Waals surface area contributed by atoms with Crippen molar-refractivity contribution in [2.75, 3.05) is 7.11 Å². The van der Waals surface area contributed by atoms with Gasteiger partial charge >= 0.3 is 12.1 Å². The van der Waals surface area contributed by atoms with Crippen molar-refractivity contribution in [3.05, 3.63) is 28.8 Å². The number of aromatic nitrogens is 1. The van der Waals surface area contributed by atoms with Gasteiger partial charge in [0.05, 0.1) is 13.5 Å². The maximum atomic E-state index is 12.9. The van der Waals surface area contributed by atoms with E-state index >= 15 is 0 Å². The highest BCUT2D eigenvalue weighted by molar-refractivity contribution is 5.73. The standard InChI is InChI=1S/C10H7F6NO2/c1-19-7(18)3-4-5(9(12)13)2-6(11)17-8(4)10(14,15)16/h2,9H,3H2,1H3. The van der Waals surface area contributed by atoms with Gasteiger partial charge in [0.25, 0.3) is 6.43 Å². The van der Waals surface area contributed by atoms with Gasteiger partial charge in [0.15, 0.2) is 5.69 Å². The molecule has 106 valence electrons. The summed E-state index contributed by atoms with van der Waals surface area (Å²) in [5.41, 5.74) is -4.17. The van der Waals surface area contributed by atoms with Gasteiger partial charge in [-0.15, -0.1) is 0 Å². The van der Waals surface area contributed by atoms with Crippen molar-refractivity contribution >= 4 is 5.97 Å². The zero-order valence-electron chi connectivity index (χ0n) is 9.39. The van der Waals surface area contributed by atoms with Gasteiger partial charge in [0.1, 0.15) is 0 Å². The third-order valence-corrected chi connectivity index (χ3v) is 2.18. The van der Waals surface area contributed by atoms with Gasteiger partial charge in [-0.3, -0.25) is 4.79 Å². The van der Waals surface area contributed by atoms with Gasteiger partial charge in [0.2, 0.25) is 5.95 Å². The Morgan fingerprint density at radius 2 is 2.00 bits per heavy atom. The third kappa shape index (κ3) is 3.58. The van der Waals surface area contributed by atoms with Crippen LogP contribution in [0.4, 0.5) is 26.3 Å². The summed E-state index contributed by atoms with van der Waals surface area (Å²) >= 11 is 0. The fourth-order valence-electron chi connectivity index (χ4n) is 1.39. The summed E-state index contributed by atoms with van der Waals surface area (Å²) in [7, 11) is 0.884. The molecule has 0 N–H and O–H groups in total. The summed E-state index contributed by atoms with van der Waals surface area (Å²) in [6, 6.07) is 0.165. The van der Waals surface area contributed by atoms with E-state index in [1.807, 2.05) is 0 Å². The predicted molar refractivity (Wildman–Crippen MR) is 49.9 cm³/mol. The molecule has 1 aromatic rings. The number of nitrogens with zero attached hydrogens (tertiary/aromatic N) is 1. The molecule has 1 heterocycles. The fourth-order valence-corrected chi connectivity index (χ4v) is 1.39. The molecule has 0 aliphatic carbocycles. The number of halogens is 6. The third-order valence-electron chi connectivity index (χ3n) is 2.18. The van der Waals surface area contributed by atoms with Gasteiger partial charge in [0, 0.05) is 17.2 Å². The monoisotopic (exact) mass is 287 g/mol. The number of carbonyl (C=O) groups is 1. The van der Waals surface area contributed by atoms with E-state index in [2.05, 4.69) is 9.72 Å². The van der Waals surface area contributed by atoms with Crippen LogP contribution in [0.1, 0.15) is 23.2 Å². The second-order valence-electron chi connectivity index (χ2n) is 3.41. The molecule has 19 heavy (non-hydrogen) atoms. The van der Waals surface area contributed by atoms with Crippen molar-refractivity contribution in [3.63, 3.8) is 0 Å². The fraction of sp³-hybridized carbons (Fsp3) is 0.400. The molecule has 9 heteroatoms. The molecule has 0 unspecified atom stereocenters. The van der Waals surface area contributed by atoms with E-state index in [0.717, 1.165) is 7.11 Å². The van der Waals surface area contributed by atoms with Gasteiger partial charge in [-0.25, -0.2) is 13.8 Å². The van der Waals surface area contributed by atoms with Crippen LogP contribution >= 0.6 is 0 Å². The molecule has 0 spiro atoms. The Morgan fingerprint density at radius 3 is 2.42 bits per heavy atom. The average molecular weight is 287 g/mol. The average Bonchev–Trinajstić information content (AvgIpc) is 2.28. The van der Waals surface area contributed by atoms with Crippen LogP contribution in [0.25, 0.3) is 0 Å². The Kier molecular flexibility index (Phi) is 4.38. The van der Waals surface area contributed by atoms with Gasteiger partial charge < -0.3 is 4.74 Å². The van der Waals surface area contributed by atoms with E-state index in [0.29, 0.717) is 0 Å². The first-order valence-electron chi connectivity index (χ1n) is 4.78. The number of hydrogen-bond acceptors (Lipinski definition) is 3. The van der Waals surface area contributed by atoms with E-state index < -0.39 is 47.8 Å². The molecule has 0 amide bonds. The van der Waals surface area contributed by atoms with Crippen LogP contribution < -0.4 is 0 Å². The lowest BCUT2D eigenvalue weighted by atomic mass is 10.0. The molecule has 0 aliphatic heterocycles. The molecule has 0 bridgehead atoms. The number of ether oxygens (including phenoxy) is 1. The van der Waals surface area contributed by atoms with Crippen LogP contribution in [-0.2, 0) is 22.1 Å². The Hall–Kier alpha value is -1.80. The van der Waals surface area contributed by atoms with E-state index in [9.17, 15) is 31.1 Å². The first-order chi connectivity index (χ1) is 8.66. The van der Waals surface area contributed by atoms with Crippen molar-refractivity contribution < 1.29 is 35.9 Å². The minimum absolute atomic E-state index is 0.165. The Morgan fingerprint density at radius 1 is 1.42 bits per heavy atom. The summed E-state index contributed by atoms with van der Waals surface area (Å²) in [5, 5.41) is 0. The highest BCUT2D eigenvalue weighted by atomic mass is 19.4. The Labute approximate surface area is 103 Å². The highest BCUT2D eigenvalue weighted by Gasteiger charge is 2.38. The largest absolute Gasteiger partial charge is 0.469 e. The maximum Gasteiger partial charge on any atom is 0.433 e. The molecule has 0 radical (unpaired) electrons. The van der Waals surface area contributed by atoms with Crippen molar-refractivity contribution in [1.82, 2.24) is 4.98 Å². The smallest absolute Gasteiger partial charge is 0.433 e. The highest BCUT2D eigenvalue weighted by Crippen LogP contribution is 2.35. The molecule has 0 saturated heterocycles. The van der Waals surface area contributed by atoms with Crippen molar-refractivity contribution in [3.8, 4) is 0 Å². The zero-order chi connectivity index (χ0) is 14.8.